The summed E-state index contributed by atoms with van der Waals surface area (Å²) in [6.07, 6.45) is 2.77. The van der Waals surface area contributed by atoms with E-state index in [1.165, 1.54) is 12.4 Å². The van der Waals surface area contributed by atoms with Crippen LogP contribution in [0.4, 0.5) is 10.5 Å². The second-order valence-electron chi connectivity index (χ2n) is 7.00. The van der Waals surface area contributed by atoms with Crippen LogP contribution >= 0.6 is 0 Å². The molecule has 0 bridgehead atoms. The van der Waals surface area contributed by atoms with Gasteiger partial charge in [-0.15, -0.1) is 0 Å². The van der Waals surface area contributed by atoms with Gasteiger partial charge >= 0.3 is 12.0 Å². The molecule has 1 fully saturated rings. The Kier molecular flexibility index (Phi) is 5.22. The van der Waals surface area contributed by atoms with Crippen molar-refractivity contribution in [3.63, 3.8) is 0 Å². The summed E-state index contributed by atoms with van der Waals surface area (Å²) in [7, 11) is 0. The molecule has 8 heteroatoms. The molecule has 1 aromatic carbocycles. The van der Waals surface area contributed by atoms with Crippen molar-refractivity contribution in [2.75, 3.05) is 11.5 Å². The first-order valence-electron chi connectivity index (χ1n) is 9.27. The highest BCUT2D eigenvalue weighted by molar-refractivity contribution is 6.21. The van der Waals surface area contributed by atoms with Crippen molar-refractivity contribution in [1.82, 2.24) is 15.3 Å². The van der Waals surface area contributed by atoms with E-state index in [2.05, 4.69) is 29.1 Å². The lowest BCUT2D eigenvalue weighted by molar-refractivity contribution is -0.117. The molecular weight excluding hydrogens is 360 g/mol. The maximum Gasteiger partial charge on any atom is 0.329 e. The Balaban J connectivity index is 0.00000109. The molecule has 0 spiro atoms. The Morgan fingerprint density at radius 2 is 1.89 bits per heavy atom. The van der Waals surface area contributed by atoms with E-state index in [0.717, 1.165) is 16.2 Å². The molecule has 0 unspecified atom stereocenters. The number of hydrogen-bond acceptors (Lipinski definition) is 6. The molecule has 4 rings (SSSR count). The summed E-state index contributed by atoms with van der Waals surface area (Å²) in [5, 5.41) is 2.54. The van der Waals surface area contributed by atoms with Crippen LogP contribution in [-0.2, 0) is 10.2 Å². The molecule has 1 aromatic heterocycles. The maximum atomic E-state index is 12.0. The van der Waals surface area contributed by atoms with E-state index in [-0.39, 0.29) is 17.3 Å². The van der Waals surface area contributed by atoms with Gasteiger partial charge in [0.25, 0.3) is 5.91 Å². The minimum absolute atomic E-state index is 0.0837. The van der Waals surface area contributed by atoms with Gasteiger partial charge in [-0.2, -0.15) is 0 Å². The van der Waals surface area contributed by atoms with Gasteiger partial charge in [-0.05, 0) is 25.1 Å². The van der Waals surface area contributed by atoms with Crippen molar-refractivity contribution in [2.45, 2.75) is 46.1 Å². The predicted molar refractivity (Wildman–Crippen MR) is 104 cm³/mol. The monoisotopic (exact) mass is 384 g/mol. The van der Waals surface area contributed by atoms with E-state index in [1.807, 2.05) is 26.0 Å². The van der Waals surface area contributed by atoms with Crippen LogP contribution in [0, 0.1) is 0 Å². The number of aromatic nitrogens is 2. The van der Waals surface area contributed by atoms with Gasteiger partial charge in [-0.3, -0.25) is 4.79 Å². The molecule has 28 heavy (non-hydrogen) atoms. The highest BCUT2D eigenvalue weighted by atomic mass is 16.5. The molecule has 0 saturated carbocycles. The number of ether oxygens (including phenoxy) is 2. The Bertz CT molecular complexity index is 896. The van der Waals surface area contributed by atoms with Gasteiger partial charge < -0.3 is 14.8 Å². The number of carbonyl (C=O) groups excluding carboxylic acids is 2. The normalized spacial score (nSPS) is 19.3. The van der Waals surface area contributed by atoms with Crippen molar-refractivity contribution in [1.29, 1.82) is 0 Å². The highest BCUT2D eigenvalue weighted by Gasteiger charge is 2.36. The van der Waals surface area contributed by atoms with Gasteiger partial charge in [-0.25, -0.2) is 19.7 Å². The van der Waals surface area contributed by atoms with Crippen LogP contribution in [-0.4, -0.2) is 34.6 Å². The summed E-state index contributed by atoms with van der Waals surface area (Å²) in [4.78, 5) is 33.1. The van der Waals surface area contributed by atoms with E-state index in [9.17, 15) is 9.59 Å². The van der Waals surface area contributed by atoms with Crippen LogP contribution in [0.2, 0.25) is 0 Å². The lowest BCUT2D eigenvalue weighted by Crippen LogP contribution is -2.31. The Hall–Kier alpha value is -3.16. The molecule has 1 saturated heterocycles. The third-order valence-electron chi connectivity index (χ3n) is 4.48. The van der Waals surface area contributed by atoms with Gasteiger partial charge in [-0.1, -0.05) is 27.7 Å². The number of amides is 3. The minimum Gasteiger partial charge on any atom is -0.492 e. The molecule has 3 amide bonds. The van der Waals surface area contributed by atoms with Crippen molar-refractivity contribution in [3.05, 3.63) is 36.2 Å². The van der Waals surface area contributed by atoms with Gasteiger partial charge in [0.15, 0.2) is 0 Å². The topological polar surface area (TPSA) is 93.7 Å². The smallest absolute Gasteiger partial charge is 0.329 e. The van der Waals surface area contributed by atoms with Gasteiger partial charge in [0.1, 0.15) is 17.5 Å². The summed E-state index contributed by atoms with van der Waals surface area (Å²) >= 11 is 0. The lowest BCUT2D eigenvalue weighted by atomic mass is 9.87. The number of urea groups is 1. The molecule has 2 aliphatic rings. The molecule has 1 N–H and O–H groups in total. The van der Waals surface area contributed by atoms with Crippen LogP contribution in [0.1, 0.15) is 40.2 Å². The molecule has 1 atom stereocenters. The molecule has 2 aliphatic heterocycles. The first kappa shape index (κ1) is 19.6. The van der Waals surface area contributed by atoms with E-state index in [1.54, 1.807) is 13.0 Å². The van der Waals surface area contributed by atoms with E-state index < -0.39 is 12.1 Å². The molecule has 148 valence electrons. The average Bonchev–Trinajstić information content (AvgIpc) is 3.12. The molecule has 0 radical (unpaired) electrons. The van der Waals surface area contributed by atoms with Crippen molar-refractivity contribution < 1.29 is 19.1 Å². The SMILES string of the molecule is CC.C[C@@H]1NC(=O)N(c2cnc(Oc3ccc4c(c3)C(C)(C)CO4)nc2)C1=O. The number of benzene rings is 1. The summed E-state index contributed by atoms with van der Waals surface area (Å²) in [5.74, 6) is 1.11. The fourth-order valence-electron chi connectivity index (χ4n) is 3.00. The number of fused-ring (bicyclic) bond motifs is 1. The predicted octanol–water partition coefficient (Wildman–Crippen LogP) is 3.41. The molecule has 0 aliphatic carbocycles. The Morgan fingerprint density at radius 1 is 1.21 bits per heavy atom. The average molecular weight is 384 g/mol. The summed E-state index contributed by atoms with van der Waals surface area (Å²) in [6.45, 7) is 10.5. The van der Waals surface area contributed by atoms with Crippen molar-refractivity contribution >= 4 is 17.6 Å². The van der Waals surface area contributed by atoms with Crippen LogP contribution in [0.15, 0.2) is 30.6 Å². The van der Waals surface area contributed by atoms with Crippen LogP contribution in [0.3, 0.4) is 0 Å². The standard InChI is InChI=1S/C18H18N4O4.C2H6/c1-10-15(23)22(17(24)21-10)11-7-19-16(20-8-11)26-12-4-5-14-13(6-12)18(2,3)9-25-14;1-2/h4-8,10H,9H2,1-3H3,(H,21,24);1-2H3/t10-;/m0./s1. The molecule has 2 aromatic rings. The molecule has 8 nitrogen and oxygen atoms in total. The second-order valence-corrected chi connectivity index (χ2v) is 7.00. The number of anilines is 1. The molecule has 3 heterocycles. The Morgan fingerprint density at radius 3 is 2.50 bits per heavy atom. The third-order valence-corrected chi connectivity index (χ3v) is 4.48. The zero-order valence-electron chi connectivity index (χ0n) is 16.6. The van der Waals surface area contributed by atoms with Gasteiger partial charge in [0.2, 0.25) is 0 Å². The van der Waals surface area contributed by atoms with Gasteiger partial charge in [0.05, 0.1) is 24.7 Å². The van der Waals surface area contributed by atoms with Crippen LogP contribution in [0.5, 0.6) is 17.5 Å². The Labute approximate surface area is 163 Å². The number of nitrogens with zero attached hydrogens (tertiary/aromatic N) is 3. The number of rotatable bonds is 3. The van der Waals surface area contributed by atoms with Gasteiger partial charge in [0, 0.05) is 11.0 Å². The minimum atomic E-state index is -0.560. The summed E-state index contributed by atoms with van der Waals surface area (Å²) in [5.41, 5.74) is 1.28. The van der Waals surface area contributed by atoms with Crippen molar-refractivity contribution in [3.8, 4) is 17.5 Å². The van der Waals surface area contributed by atoms with E-state index >= 15 is 0 Å². The fourth-order valence-corrected chi connectivity index (χ4v) is 3.00. The first-order valence-corrected chi connectivity index (χ1v) is 9.27. The van der Waals surface area contributed by atoms with Crippen molar-refractivity contribution in [2.24, 2.45) is 0 Å². The first-order chi connectivity index (χ1) is 13.3. The maximum absolute atomic E-state index is 12.0. The quantitative estimate of drug-likeness (QED) is 0.815. The highest BCUT2D eigenvalue weighted by Crippen LogP contribution is 2.40. The number of imide groups is 1. The zero-order valence-corrected chi connectivity index (χ0v) is 16.6. The second kappa shape index (κ2) is 7.46. The van der Waals surface area contributed by atoms with Crippen LogP contribution < -0.4 is 19.7 Å². The summed E-state index contributed by atoms with van der Waals surface area (Å²) < 4.78 is 11.4. The number of nitrogens with one attached hydrogen (secondary N) is 1. The van der Waals surface area contributed by atoms with E-state index in [4.69, 9.17) is 9.47 Å². The number of carbonyl (C=O) groups is 2. The number of hydrogen-bond donors (Lipinski definition) is 1. The van der Waals surface area contributed by atoms with E-state index in [0.29, 0.717) is 18.0 Å². The third kappa shape index (κ3) is 3.49. The zero-order chi connectivity index (χ0) is 20.5. The summed E-state index contributed by atoms with van der Waals surface area (Å²) in [6, 6.07) is 4.65. The fraction of sp³-hybridized carbons (Fsp3) is 0.400. The van der Waals surface area contributed by atoms with Crippen LogP contribution in [0.25, 0.3) is 0 Å². The molecular formula is C20H24N4O4. The lowest BCUT2D eigenvalue weighted by Gasteiger charge is -2.16. The largest absolute Gasteiger partial charge is 0.492 e.